The van der Waals surface area contributed by atoms with Crippen molar-refractivity contribution in [1.29, 1.82) is 0 Å². The number of hydroxylamine groups is 2. The van der Waals surface area contributed by atoms with Crippen LogP contribution in [-0.4, -0.2) is 68.7 Å². The van der Waals surface area contributed by atoms with Gasteiger partial charge in [-0.3, -0.25) is 10.1 Å². The van der Waals surface area contributed by atoms with Gasteiger partial charge in [0.05, 0.1) is 18.2 Å². The second-order valence-corrected chi connectivity index (χ2v) is 6.24. The normalized spacial score (nSPS) is 40.8. The molecule has 2 aliphatic rings. The van der Waals surface area contributed by atoms with Crippen LogP contribution in [0.1, 0.15) is 19.3 Å². The van der Waals surface area contributed by atoms with E-state index in [-0.39, 0.29) is 12.5 Å². The number of aliphatic hydroxyl groups is 3. The molecule has 6 atom stereocenters. The van der Waals surface area contributed by atoms with Crippen LogP contribution in [-0.2, 0) is 4.79 Å². The van der Waals surface area contributed by atoms with Gasteiger partial charge in [0.15, 0.2) is 0 Å². The number of amides is 1. The Morgan fingerprint density at radius 1 is 1.27 bits per heavy atom. The van der Waals surface area contributed by atoms with Crippen LogP contribution in [0.4, 0.5) is 0 Å². The third-order valence-corrected chi connectivity index (χ3v) is 4.56. The Bertz CT molecular complexity index is 424. The van der Waals surface area contributed by atoms with E-state index in [0.717, 1.165) is 5.06 Å². The van der Waals surface area contributed by atoms with E-state index in [1.165, 1.54) is 11.1 Å². The Morgan fingerprint density at radius 2 is 2.00 bits per heavy atom. The van der Waals surface area contributed by atoms with Crippen molar-refractivity contribution < 1.29 is 25.3 Å². The van der Waals surface area contributed by atoms with Crippen molar-refractivity contribution in [3.63, 3.8) is 0 Å². The molecule has 2 rings (SSSR count). The number of hydrogen-bond acceptors (Lipinski definition) is 7. The number of carbonyl (C=O) groups excluding carboxylic acids is 1. The fourth-order valence-corrected chi connectivity index (χ4v) is 3.44. The summed E-state index contributed by atoms with van der Waals surface area (Å²) in [4.78, 5) is 13.0. The Balaban J connectivity index is 2.06. The summed E-state index contributed by atoms with van der Waals surface area (Å²) in [5, 5.41) is 46.4. The highest BCUT2D eigenvalue weighted by Gasteiger charge is 2.45. The van der Waals surface area contributed by atoms with Crippen molar-refractivity contribution in [3.8, 4) is 0 Å². The molecule has 6 unspecified atom stereocenters. The van der Waals surface area contributed by atoms with E-state index in [1.54, 1.807) is 0 Å². The first kappa shape index (κ1) is 17.8. The molecule has 1 amide bonds. The molecule has 0 bridgehead atoms. The number of rotatable bonds is 3. The van der Waals surface area contributed by atoms with Crippen molar-refractivity contribution >= 4 is 21.8 Å². The third kappa shape index (κ3) is 4.05. The molecular weight excluding hydrogens is 358 g/mol. The second kappa shape index (κ2) is 7.82. The molecule has 0 radical (unpaired) electrons. The fraction of sp³-hybridized carbons (Fsp3) is 0.769. The topological polar surface area (TPSA) is 125 Å². The fourth-order valence-electron chi connectivity index (χ4n) is 3.20. The van der Waals surface area contributed by atoms with Crippen LogP contribution in [0.25, 0.3) is 0 Å². The maximum Gasteiger partial charge on any atom is 0.244 e. The van der Waals surface area contributed by atoms with Crippen molar-refractivity contribution in [3.05, 3.63) is 11.1 Å². The Morgan fingerprint density at radius 3 is 2.64 bits per heavy atom. The molecule has 0 aromatic carbocycles. The molecule has 22 heavy (non-hydrogen) atoms. The molecule has 0 aliphatic carbocycles. The van der Waals surface area contributed by atoms with Gasteiger partial charge in [-0.2, -0.15) is 5.06 Å². The molecule has 0 saturated carbocycles. The minimum absolute atomic E-state index is 0.274. The zero-order valence-corrected chi connectivity index (χ0v) is 13.6. The zero-order chi connectivity index (χ0) is 16.3. The molecule has 2 aliphatic heterocycles. The molecular formula is C13H22BrN3O5. The molecule has 126 valence electrons. The molecule has 2 fully saturated rings. The van der Waals surface area contributed by atoms with E-state index in [1.807, 2.05) is 0 Å². The molecule has 2 saturated heterocycles. The molecule has 0 spiro atoms. The number of hydrogen-bond donors (Lipinski definition) is 6. The number of carbonyl (C=O) groups is 1. The summed E-state index contributed by atoms with van der Waals surface area (Å²) in [6.07, 6.45) is -0.287. The quantitative estimate of drug-likeness (QED) is 0.341. The Hall–Kier alpha value is -0.550. The maximum absolute atomic E-state index is 11.6. The highest BCUT2D eigenvalue weighted by molar-refractivity contribution is 9.11. The van der Waals surface area contributed by atoms with Gasteiger partial charge in [-0.25, -0.2) is 0 Å². The number of nitrogens with zero attached hydrogens (tertiary/aromatic N) is 1. The van der Waals surface area contributed by atoms with E-state index in [0.29, 0.717) is 19.3 Å². The number of halogens is 1. The molecule has 2 heterocycles. The first-order chi connectivity index (χ1) is 10.4. The van der Waals surface area contributed by atoms with Gasteiger partial charge < -0.3 is 25.8 Å². The van der Waals surface area contributed by atoms with Gasteiger partial charge in [-0.15, -0.1) is 0 Å². The SMILES string of the molecule is O=C(/C=C/Br)NC1CCN(O)C(C2CCC(O)NC2O)C1O. The monoisotopic (exact) mass is 379 g/mol. The highest BCUT2D eigenvalue weighted by Crippen LogP contribution is 2.30. The summed E-state index contributed by atoms with van der Waals surface area (Å²) in [7, 11) is 0. The van der Waals surface area contributed by atoms with Gasteiger partial charge in [0.1, 0.15) is 12.5 Å². The first-order valence-corrected chi connectivity index (χ1v) is 8.18. The van der Waals surface area contributed by atoms with Gasteiger partial charge in [-0.05, 0) is 24.2 Å². The molecule has 8 nitrogen and oxygen atoms in total. The van der Waals surface area contributed by atoms with Crippen LogP contribution < -0.4 is 10.6 Å². The minimum atomic E-state index is -1.03. The lowest BCUT2D eigenvalue weighted by atomic mass is 9.81. The Kier molecular flexibility index (Phi) is 6.33. The van der Waals surface area contributed by atoms with Gasteiger partial charge in [0.2, 0.25) is 5.91 Å². The predicted molar refractivity (Wildman–Crippen MR) is 80.8 cm³/mol. The summed E-state index contributed by atoms with van der Waals surface area (Å²) in [5.41, 5.74) is 0. The van der Waals surface area contributed by atoms with Crippen molar-refractivity contribution in [2.45, 2.75) is 49.9 Å². The van der Waals surface area contributed by atoms with Crippen LogP contribution in [0.5, 0.6) is 0 Å². The van der Waals surface area contributed by atoms with E-state index < -0.39 is 36.6 Å². The number of piperidine rings is 2. The smallest absolute Gasteiger partial charge is 0.244 e. The standard InChI is InChI=1S/C13H22BrN3O5/c14-5-3-10(19)15-8-4-6-17(22)11(12(8)20)7-1-2-9(18)16-13(7)21/h3,5,7-9,11-13,16,18,20-22H,1-2,4,6H2,(H,15,19)/b5-3+. The molecule has 6 N–H and O–H groups in total. The lowest BCUT2D eigenvalue weighted by molar-refractivity contribution is -0.216. The Labute approximate surface area is 136 Å². The van der Waals surface area contributed by atoms with E-state index in [9.17, 15) is 25.3 Å². The van der Waals surface area contributed by atoms with Crippen LogP contribution in [0.2, 0.25) is 0 Å². The van der Waals surface area contributed by atoms with Gasteiger partial charge in [0, 0.05) is 18.5 Å². The van der Waals surface area contributed by atoms with Crippen molar-refractivity contribution in [2.75, 3.05) is 6.54 Å². The van der Waals surface area contributed by atoms with Crippen LogP contribution >= 0.6 is 15.9 Å². The van der Waals surface area contributed by atoms with Crippen LogP contribution in [0.3, 0.4) is 0 Å². The van der Waals surface area contributed by atoms with E-state index in [2.05, 4.69) is 26.6 Å². The first-order valence-electron chi connectivity index (χ1n) is 7.27. The molecule has 0 aromatic heterocycles. The third-order valence-electron chi connectivity index (χ3n) is 4.30. The zero-order valence-electron chi connectivity index (χ0n) is 12.0. The minimum Gasteiger partial charge on any atom is -0.389 e. The van der Waals surface area contributed by atoms with Gasteiger partial charge >= 0.3 is 0 Å². The molecule has 9 heteroatoms. The summed E-state index contributed by atoms with van der Waals surface area (Å²) < 4.78 is 0. The van der Waals surface area contributed by atoms with Crippen molar-refractivity contribution in [2.24, 2.45) is 5.92 Å². The average molecular weight is 380 g/mol. The summed E-state index contributed by atoms with van der Waals surface area (Å²) in [5.74, 6) is -0.793. The highest BCUT2D eigenvalue weighted by atomic mass is 79.9. The van der Waals surface area contributed by atoms with Gasteiger partial charge in [-0.1, -0.05) is 15.9 Å². The maximum atomic E-state index is 11.6. The number of aliphatic hydroxyl groups excluding tert-OH is 3. The largest absolute Gasteiger partial charge is 0.389 e. The van der Waals surface area contributed by atoms with E-state index >= 15 is 0 Å². The van der Waals surface area contributed by atoms with E-state index in [4.69, 9.17) is 0 Å². The summed E-state index contributed by atoms with van der Waals surface area (Å²) in [6.45, 7) is 0.274. The second-order valence-electron chi connectivity index (χ2n) is 5.71. The predicted octanol–water partition coefficient (Wildman–Crippen LogP) is -1.16. The molecule has 0 aromatic rings. The van der Waals surface area contributed by atoms with Crippen LogP contribution in [0.15, 0.2) is 11.1 Å². The van der Waals surface area contributed by atoms with Crippen LogP contribution in [0, 0.1) is 5.92 Å². The lowest BCUT2D eigenvalue weighted by Crippen LogP contribution is -2.65. The lowest BCUT2D eigenvalue weighted by Gasteiger charge is -2.46. The summed E-state index contributed by atoms with van der Waals surface area (Å²) in [6, 6.07) is -1.23. The average Bonchev–Trinajstić information content (AvgIpc) is 2.44. The van der Waals surface area contributed by atoms with Gasteiger partial charge in [0.25, 0.3) is 0 Å². The summed E-state index contributed by atoms with van der Waals surface area (Å²) >= 11 is 3.01. The number of nitrogens with one attached hydrogen (secondary N) is 2. The van der Waals surface area contributed by atoms with Crippen molar-refractivity contribution in [1.82, 2.24) is 15.7 Å².